The van der Waals surface area contributed by atoms with E-state index in [2.05, 4.69) is 17.6 Å². The third-order valence-electron chi connectivity index (χ3n) is 4.68. The molecule has 2 fully saturated rings. The number of hydrogen-bond acceptors (Lipinski definition) is 4. The molecule has 124 valence electrons. The summed E-state index contributed by atoms with van der Waals surface area (Å²) in [6, 6.07) is 0. The number of imide groups is 1. The van der Waals surface area contributed by atoms with Crippen molar-refractivity contribution in [2.45, 2.75) is 45.4 Å². The lowest BCUT2D eigenvalue weighted by molar-refractivity contribution is -0.138. The summed E-state index contributed by atoms with van der Waals surface area (Å²) in [5.41, 5.74) is 0. The van der Waals surface area contributed by atoms with Gasteiger partial charge in [0.2, 0.25) is 17.7 Å². The fraction of sp³-hybridized carbons (Fsp3) is 0.812. The van der Waals surface area contributed by atoms with Gasteiger partial charge in [0.1, 0.15) is 0 Å². The Kier molecular flexibility index (Phi) is 6.36. The van der Waals surface area contributed by atoms with Crippen molar-refractivity contribution in [1.82, 2.24) is 15.5 Å². The van der Waals surface area contributed by atoms with Gasteiger partial charge < -0.3 is 10.6 Å². The fourth-order valence-electron chi connectivity index (χ4n) is 3.23. The van der Waals surface area contributed by atoms with Crippen LogP contribution in [-0.4, -0.2) is 48.8 Å². The molecule has 0 spiro atoms. The first-order valence-electron chi connectivity index (χ1n) is 8.38. The number of carbonyl (C=O) groups excluding carboxylic acids is 3. The summed E-state index contributed by atoms with van der Waals surface area (Å²) in [5.74, 6) is 0.857. The third-order valence-corrected chi connectivity index (χ3v) is 4.68. The van der Waals surface area contributed by atoms with E-state index in [1.807, 2.05) is 0 Å². The second-order valence-electron chi connectivity index (χ2n) is 6.43. The first-order valence-corrected chi connectivity index (χ1v) is 8.38. The standard InChI is InChI=1S/C16H27N3O3/c1-12(13-4-2-7-17-11-13)10-14(20)18-8-3-9-19-15(21)5-6-16(19)22/h12-13,17H,2-11H2,1H3,(H,18,20). The highest BCUT2D eigenvalue weighted by Crippen LogP contribution is 2.22. The zero-order chi connectivity index (χ0) is 15.9. The van der Waals surface area contributed by atoms with Crippen molar-refractivity contribution < 1.29 is 14.4 Å². The smallest absolute Gasteiger partial charge is 0.229 e. The Morgan fingerprint density at radius 1 is 1.36 bits per heavy atom. The molecule has 2 rings (SSSR count). The number of piperidine rings is 1. The summed E-state index contributed by atoms with van der Waals surface area (Å²) in [5, 5.41) is 6.28. The summed E-state index contributed by atoms with van der Waals surface area (Å²) in [6.07, 6.45) is 4.22. The Labute approximate surface area is 132 Å². The van der Waals surface area contributed by atoms with Gasteiger partial charge in [-0.05, 0) is 44.2 Å². The van der Waals surface area contributed by atoms with Crippen LogP contribution in [0.2, 0.25) is 0 Å². The minimum Gasteiger partial charge on any atom is -0.356 e. The van der Waals surface area contributed by atoms with Gasteiger partial charge in [-0.1, -0.05) is 6.92 Å². The van der Waals surface area contributed by atoms with Crippen molar-refractivity contribution in [3.05, 3.63) is 0 Å². The van der Waals surface area contributed by atoms with Gasteiger partial charge in [0, 0.05) is 32.4 Å². The number of hydrogen-bond donors (Lipinski definition) is 2. The van der Waals surface area contributed by atoms with E-state index in [0.29, 0.717) is 50.6 Å². The van der Waals surface area contributed by atoms with E-state index in [-0.39, 0.29) is 17.7 Å². The summed E-state index contributed by atoms with van der Waals surface area (Å²) in [4.78, 5) is 36.1. The Morgan fingerprint density at radius 2 is 2.09 bits per heavy atom. The molecule has 0 aromatic heterocycles. The van der Waals surface area contributed by atoms with Crippen molar-refractivity contribution in [3.63, 3.8) is 0 Å². The Hall–Kier alpha value is -1.43. The number of likely N-dealkylation sites (tertiary alicyclic amines) is 1. The normalized spacial score (nSPS) is 23.7. The van der Waals surface area contributed by atoms with Crippen LogP contribution in [0.3, 0.4) is 0 Å². The zero-order valence-corrected chi connectivity index (χ0v) is 13.4. The van der Waals surface area contributed by atoms with Crippen molar-refractivity contribution in [3.8, 4) is 0 Å². The molecule has 0 aromatic carbocycles. The van der Waals surface area contributed by atoms with Gasteiger partial charge in [-0.25, -0.2) is 0 Å². The van der Waals surface area contributed by atoms with Gasteiger partial charge in [-0.2, -0.15) is 0 Å². The van der Waals surface area contributed by atoms with Crippen LogP contribution in [0.5, 0.6) is 0 Å². The number of carbonyl (C=O) groups is 3. The molecule has 2 unspecified atom stereocenters. The molecule has 0 saturated carbocycles. The zero-order valence-electron chi connectivity index (χ0n) is 13.4. The average Bonchev–Trinajstić information content (AvgIpc) is 2.83. The number of rotatable bonds is 7. The lowest BCUT2D eigenvalue weighted by atomic mass is 9.85. The second-order valence-corrected chi connectivity index (χ2v) is 6.43. The molecule has 2 saturated heterocycles. The molecule has 22 heavy (non-hydrogen) atoms. The minimum atomic E-state index is -0.0882. The number of amides is 3. The highest BCUT2D eigenvalue weighted by Gasteiger charge is 2.28. The summed E-state index contributed by atoms with van der Waals surface area (Å²) < 4.78 is 0. The van der Waals surface area contributed by atoms with Gasteiger partial charge >= 0.3 is 0 Å². The summed E-state index contributed by atoms with van der Waals surface area (Å²) in [6.45, 7) is 5.17. The highest BCUT2D eigenvalue weighted by molar-refractivity contribution is 6.01. The lowest BCUT2D eigenvalue weighted by Gasteiger charge is -2.28. The van der Waals surface area contributed by atoms with Crippen LogP contribution in [0, 0.1) is 11.8 Å². The van der Waals surface area contributed by atoms with E-state index < -0.39 is 0 Å². The van der Waals surface area contributed by atoms with Gasteiger partial charge in [-0.15, -0.1) is 0 Å². The van der Waals surface area contributed by atoms with Gasteiger partial charge in [-0.3, -0.25) is 19.3 Å². The SMILES string of the molecule is CC(CC(=O)NCCCN1C(=O)CCC1=O)C1CCCNC1. The lowest BCUT2D eigenvalue weighted by Crippen LogP contribution is -2.36. The molecule has 0 aliphatic carbocycles. The van der Waals surface area contributed by atoms with E-state index in [0.717, 1.165) is 13.1 Å². The van der Waals surface area contributed by atoms with Crippen LogP contribution < -0.4 is 10.6 Å². The molecule has 2 N–H and O–H groups in total. The monoisotopic (exact) mass is 309 g/mol. The average molecular weight is 309 g/mol. The van der Waals surface area contributed by atoms with Crippen molar-refractivity contribution >= 4 is 17.7 Å². The van der Waals surface area contributed by atoms with Gasteiger partial charge in [0.05, 0.1) is 0 Å². The number of nitrogens with one attached hydrogen (secondary N) is 2. The maximum atomic E-state index is 11.9. The van der Waals surface area contributed by atoms with Gasteiger partial charge in [0.25, 0.3) is 0 Å². The van der Waals surface area contributed by atoms with Crippen LogP contribution in [-0.2, 0) is 14.4 Å². The molecular formula is C16H27N3O3. The summed E-state index contributed by atoms with van der Waals surface area (Å²) in [7, 11) is 0. The predicted octanol–water partition coefficient (Wildman–Crippen LogP) is 0.668. The molecule has 6 nitrogen and oxygen atoms in total. The molecule has 0 aromatic rings. The first-order chi connectivity index (χ1) is 10.6. The maximum absolute atomic E-state index is 11.9. The molecule has 6 heteroatoms. The number of nitrogens with zero attached hydrogens (tertiary/aromatic N) is 1. The topological polar surface area (TPSA) is 78.5 Å². The second kappa shape index (κ2) is 8.27. The van der Waals surface area contributed by atoms with E-state index in [4.69, 9.17) is 0 Å². The summed E-state index contributed by atoms with van der Waals surface area (Å²) >= 11 is 0. The van der Waals surface area contributed by atoms with Crippen LogP contribution in [0.15, 0.2) is 0 Å². The van der Waals surface area contributed by atoms with E-state index in [1.165, 1.54) is 17.7 Å². The van der Waals surface area contributed by atoms with E-state index >= 15 is 0 Å². The van der Waals surface area contributed by atoms with Gasteiger partial charge in [0.15, 0.2) is 0 Å². The van der Waals surface area contributed by atoms with Crippen molar-refractivity contribution in [2.75, 3.05) is 26.2 Å². The minimum absolute atomic E-state index is 0.0668. The maximum Gasteiger partial charge on any atom is 0.229 e. The molecule has 2 aliphatic heterocycles. The first kappa shape index (κ1) is 16.9. The quantitative estimate of drug-likeness (QED) is 0.535. The molecule has 2 atom stereocenters. The Balaban J connectivity index is 1.59. The Morgan fingerprint density at radius 3 is 2.73 bits per heavy atom. The molecule has 3 amide bonds. The molecule has 0 radical (unpaired) electrons. The van der Waals surface area contributed by atoms with Crippen LogP contribution in [0.25, 0.3) is 0 Å². The highest BCUT2D eigenvalue weighted by atomic mass is 16.2. The molecule has 0 bridgehead atoms. The van der Waals surface area contributed by atoms with Crippen molar-refractivity contribution in [2.24, 2.45) is 11.8 Å². The largest absolute Gasteiger partial charge is 0.356 e. The van der Waals surface area contributed by atoms with E-state index in [9.17, 15) is 14.4 Å². The molecular weight excluding hydrogens is 282 g/mol. The molecule has 2 aliphatic rings. The van der Waals surface area contributed by atoms with E-state index in [1.54, 1.807) is 0 Å². The third kappa shape index (κ3) is 4.80. The predicted molar refractivity (Wildman–Crippen MR) is 83.0 cm³/mol. The van der Waals surface area contributed by atoms with Crippen LogP contribution in [0.4, 0.5) is 0 Å². The van der Waals surface area contributed by atoms with Crippen LogP contribution in [0.1, 0.15) is 45.4 Å². The molecule has 2 heterocycles. The Bertz CT molecular complexity index is 403. The van der Waals surface area contributed by atoms with Crippen molar-refractivity contribution in [1.29, 1.82) is 0 Å². The fourth-order valence-corrected chi connectivity index (χ4v) is 3.23. The van der Waals surface area contributed by atoms with Crippen LogP contribution >= 0.6 is 0 Å².